The summed E-state index contributed by atoms with van der Waals surface area (Å²) in [7, 11) is 0. The molecular formula is C13H16ClNOS. The molecular weight excluding hydrogens is 254 g/mol. The predicted molar refractivity (Wildman–Crippen MR) is 73.0 cm³/mol. The van der Waals surface area contributed by atoms with Crippen LogP contribution in [0.5, 0.6) is 0 Å². The van der Waals surface area contributed by atoms with Crippen LogP contribution >= 0.6 is 24.2 Å². The van der Waals surface area contributed by atoms with Crippen LogP contribution in [-0.2, 0) is 0 Å². The third kappa shape index (κ3) is 2.96. The van der Waals surface area contributed by atoms with E-state index in [1.54, 1.807) is 18.2 Å². The Hall–Kier alpha value is -0.670. The molecule has 0 heterocycles. The molecule has 4 heteroatoms. The molecule has 0 unspecified atom stereocenters. The highest BCUT2D eigenvalue weighted by molar-refractivity contribution is 7.80. The van der Waals surface area contributed by atoms with Gasteiger partial charge in [-0.1, -0.05) is 24.9 Å². The Morgan fingerprint density at radius 3 is 2.82 bits per heavy atom. The van der Waals surface area contributed by atoms with Crippen LogP contribution in [0.2, 0.25) is 5.02 Å². The van der Waals surface area contributed by atoms with E-state index in [1.165, 1.54) is 19.3 Å². The van der Waals surface area contributed by atoms with Gasteiger partial charge in [0.1, 0.15) is 0 Å². The average molecular weight is 270 g/mol. The molecule has 1 aromatic carbocycles. The second kappa shape index (κ2) is 4.91. The van der Waals surface area contributed by atoms with Gasteiger partial charge in [0.05, 0.1) is 10.6 Å². The van der Waals surface area contributed by atoms with Crippen LogP contribution in [-0.4, -0.2) is 12.5 Å². The predicted octanol–water partition coefficient (Wildman–Crippen LogP) is 3.55. The maximum Gasteiger partial charge on any atom is 0.252 e. The Kier molecular flexibility index (Phi) is 3.69. The van der Waals surface area contributed by atoms with Crippen LogP contribution in [0.4, 0.5) is 0 Å². The summed E-state index contributed by atoms with van der Waals surface area (Å²) in [5.41, 5.74) is 0.780. The minimum absolute atomic E-state index is 0.112. The number of nitrogens with one attached hydrogen (secondary N) is 1. The molecule has 0 saturated heterocycles. The second-order valence-corrected chi connectivity index (χ2v) is 5.93. The Morgan fingerprint density at radius 1 is 1.53 bits per heavy atom. The van der Waals surface area contributed by atoms with Crippen molar-refractivity contribution < 1.29 is 4.79 Å². The summed E-state index contributed by atoms with van der Waals surface area (Å²) in [6.07, 6.45) is 3.64. The van der Waals surface area contributed by atoms with Gasteiger partial charge < -0.3 is 5.32 Å². The monoisotopic (exact) mass is 269 g/mol. The zero-order chi connectivity index (χ0) is 12.5. The fourth-order valence-electron chi connectivity index (χ4n) is 2.03. The molecule has 2 nitrogen and oxygen atoms in total. The fraction of sp³-hybridized carbons (Fsp3) is 0.462. The molecule has 0 atom stereocenters. The summed E-state index contributed by atoms with van der Waals surface area (Å²) >= 11 is 10.2. The highest BCUT2D eigenvalue weighted by atomic mass is 35.5. The summed E-state index contributed by atoms with van der Waals surface area (Å²) < 4.78 is 0. The van der Waals surface area contributed by atoms with Gasteiger partial charge in [-0.3, -0.25) is 4.79 Å². The van der Waals surface area contributed by atoms with E-state index in [1.807, 2.05) is 0 Å². The first kappa shape index (κ1) is 12.8. The molecule has 1 amide bonds. The van der Waals surface area contributed by atoms with Crippen molar-refractivity contribution >= 4 is 30.1 Å². The van der Waals surface area contributed by atoms with Gasteiger partial charge in [-0.25, -0.2) is 0 Å². The Bertz CT molecular complexity index is 443. The van der Waals surface area contributed by atoms with Gasteiger partial charge in [0.15, 0.2) is 0 Å². The van der Waals surface area contributed by atoms with Crippen LogP contribution in [0.1, 0.15) is 36.5 Å². The first-order valence-corrected chi connectivity index (χ1v) is 6.59. The van der Waals surface area contributed by atoms with Crippen molar-refractivity contribution in [1.82, 2.24) is 5.32 Å². The molecule has 1 saturated carbocycles. The van der Waals surface area contributed by atoms with Gasteiger partial charge in [-0.15, -0.1) is 12.6 Å². The third-order valence-corrected chi connectivity index (χ3v) is 4.04. The molecule has 0 spiro atoms. The molecule has 1 aliphatic carbocycles. The quantitative estimate of drug-likeness (QED) is 0.808. The van der Waals surface area contributed by atoms with E-state index in [9.17, 15) is 4.79 Å². The van der Waals surface area contributed by atoms with Gasteiger partial charge in [0.25, 0.3) is 5.91 Å². The highest BCUT2D eigenvalue weighted by Crippen LogP contribution is 2.39. The number of benzene rings is 1. The number of hydrogen-bond donors (Lipinski definition) is 2. The van der Waals surface area contributed by atoms with Crippen molar-refractivity contribution in [2.24, 2.45) is 5.41 Å². The first-order chi connectivity index (χ1) is 8.00. The van der Waals surface area contributed by atoms with Crippen LogP contribution < -0.4 is 5.32 Å². The molecule has 1 N–H and O–H groups in total. The van der Waals surface area contributed by atoms with E-state index in [0.29, 0.717) is 10.6 Å². The Balaban J connectivity index is 2.01. The SMILES string of the molecule is CC1(CNC(=O)c2cc(S)ccc2Cl)CCC1. The van der Waals surface area contributed by atoms with Crippen molar-refractivity contribution in [2.75, 3.05) is 6.54 Å². The standard InChI is InChI=1S/C13H16ClNOS/c1-13(5-2-6-13)8-15-12(16)10-7-9(17)3-4-11(10)14/h3-4,7,17H,2,5-6,8H2,1H3,(H,15,16). The summed E-state index contributed by atoms with van der Waals surface area (Å²) in [6, 6.07) is 5.17. The number of amides is 1. The number of hydrogen-bond acceptors (Lipinski definition) is 2. The highest BCUT2D eigenvalue weighted by Gasteiger charge is 2.32. The van der Waals surface area contributed by atoms with Crippen molar-refractivity contribution in [3.8, 4) is 0 Å². The maximum absolute atomic E-state index is 12.0. The van der Waals surface area contributed by atoms with Crippen molar-refractivity contribution in [3.63, 3.8) is 0 Å². The van der Waals surface area contributed by atoms with Crippen LogP contribution in [0.3, 0.4) is 0 Å². The lowest BCUT2D eigenvalue weighted by atomic mass is 9.70. The van der Waals surface area contributed by atoms with Crippen molar-refractivity contribution in [1.29, 1.82) is 0 Å². The first-order valence-electron chi connectivity index (χ1n) is 5.77. The number of rotatable bonds is 3. The summed E-state index contributed by atoms with van der Waals surface area (Å²) in [5, 5.41) is 3.42. The van der Waals surface area contributed by atoms with Gasteiger partial charge in [0, 0.05) is 11.4 Å². The molecule has 92 valence electrons. The zero-order valence-electron chi connectivity index (χ0n) is 9.79. The third-order valence-electron chi connectivity index (χ3n) is 3.43. The van der Waals surface area contributed by atoms with Crippen LogP contribution in [0.15, 0.2) is 23.1 Å². The van der Waals surface area contributed by atoms with Gasteiger partial charge in [-0.2, -0.15) is 0 Å². The van der Waals surface area contributed by atoms with E-state index in [2.05, 4.69) is 24.9 Å². The lowest BCUT2D eigenvalue weighted by Crippen LogP contribution is -2.40. The Morgan fingerprint density at radius 2 is 2.24 bits per heavy atom. The van der Waals surface area contributed by atoms with E-state index in [4.69, 9.17) is 11.6 Å². The maximum atomic E-state index is 12.0. The smallest absolute Gasteiger partial charge is 0.252 e. The number of halogens is 1. The molecule has 0 aromatic heterocycles. The van der Waals surface area contributed by atoms with E-state index in [-0.39, 0.29) is 11.3 Å². The number of thiol groups is 1. The Labute approximate surface area is 112 Å². The van der Waals surface area contributed by atoms with Gasteiger partial charge in [0.2, 0.25) is 0 Å². The second-order valence-electron chi connectivity index (χ2n) is 5.01. The molecule has 17 heavy (non-hydrogen) atoms. The molecule has 0 bridgehead atoms. The molecule has 0 radical (unpaired) electrons. The lowest BCUT2D eigenvalue weighted by Gasteiger charge is -2.38. The molecule has 1 aliphatic rings. The van der Waals surface area contributed by atoms with E-state index in [0.717, 1.165) is 11.4 Å². The minimum Gasteiger partial charge on any atom is -0.351 e. The van der Waals surface area contributed by atoms with E-state index >= 15 is 0 Å². The number of carbonyl (C=O) groups excluding carboxylic acids is 1. The molecule has 1 fully saturated rings. The zero-order valence-corrected chi connectivity index (χ0v) is 11.4. The lowest BCUT2D eigenvalue weighted by molar-refractivity contribution is 0.0890. The largest absolute Gasteiger partial charge is 0.351 e. The fourth-order valence-corrected chi connectivity index (χ4v) is 2.44. The summed E-state index contributed by atoms with van der Waals surface area (Å²) in [5.74, 6) is -0.112. The average Bonchev–Trinajstić information content (AvgIpc) is 2.26. The van der Waals surface area contributed by atoms with Crippen LogP contribution in [0.25, 0.3) is 0 Å². The minimum atomic E-state index is -0.112. The van der Waals surface area contributed by atoms with E-state index < -0.39 is 0 Å². The molecule has 1 aromatic rings. The molecule has 0 aliphatic heterocycles. The summed E-state index contributed by atoms with van der Waals surface area (Å²) in [4.78, 5) is 12.7. The topological polar surface area (TPSA) is 29.1 Å². The van der Waals surface area contributed by atoms with Crippen LogP contribution in [0, 0.1) is 5.41 Å². The summed E-state index contributed by atoms with van der Waals surface area (Å²) in [6.45, 7) is 2.92. The van der Waals surface area contributed by atoms with Gasteiger partial charge >= 0.3 is 0 Å². The molecule has 2 rings (SSSR count). The van der Waals surface area contributed by atoms with Crippen molar-refractivity contribution in [3.05, 3.63) is 28.8 Å². The normalized spacial score (nSPS) is 17.4. The number of carbonyl (C=O) groups is 1. The van der Waals surface area contributed by atoms with Crippen molar-refractivity contribution in [2.45, 2.75) is 31.1 Å². The van der Waals surface area contributed by atoms with Gasteiger partial charge in [-0.05, 0) is 36.5 Å².